The number of ether oxygens (including phenoxy) is 1. The van der Waals surface area contributed by atoms with Gasteiger partial charge in [-0.3, -0.25) is 0 Å². The lowest BCUT2D eigenvalue weighted by Gasteiger charge is -2.34. The van der Waals surface area contributed by atoms with Crippen molar-refractivity contribution in [3.05, 3.63) is 34.9 Å². The molecule has 0 saturated carbocycles. The molecule has 8 heteroatoms. The first-order chi connectivity index (χ1) is 10.2. The van der Waals surface area contributed by atoms with Gasteiger partial charge in [-0.25, -0.2) is 13.6 Å². The molecule has 0 aliphatic carbocycles. The maximum absolute atomic E-state index is 13.8. The number of halogens is 3. The molecule has 1 aromatic carbocycles. The highest BCUT2D eigenvalue weighted by Gasteiger charge is 2.59. The van der Waals surface area contributed by atoms with Crippen molar-refractivity contribution in [1.29, 1.82) is 0 Å². The molecule has 0 fully saturated rings. The first-order valence-corrected chi connectivity index (χ1v) is 6.97. The van der Waals surface area contributed by atoms with Gasteiger partial charge < -0.3 is 9.84 Å². The number of aliphatic hydroxyl groups is 1. The van der Waals surface area contributed by atoms with Crippen molar-refractivity contribution in [2.45, 2.75) is 31.9 Å². The van der Waals surface area contributed by atoms with E-state index in [0.717, 1.165) is 0 Å². The van der Waals surface area contributed by atoms with E-state index >= 15 is 0 Å². The van der Waals surface area contributed by atoms with E-state index in [9.17, 15) is 18.7 Å². The van der Waals surface area contributed by atoms with E-state index in [4.69, 9.17) is 11.6 Å². The summed E-state index contributed by atoms with van der Waals surface area (Å²) in [5.74, 6) is -3.59. The molecule has 1 amide bonds. The third kappa shape index (κ3) is 2.91. The maximum atomic E-state index is 13.8. The Hall–Kier alpha value is -1.73. The SMILES string of the molecule is CCOC(=O)N1N=C(c2ccc(Cl)cc2)CC1(O)C(C)(F)F. The van der Waals surface area contributed by atoms with Crippen LogP contribution in [0.2, 0.25) is 5.02 Å². The number of hydrogen-bond acceptors (Lipinski definition) is 4. The second-order valence-corrected chi connectivity index (χ2v) is 5.38. The quantitative estimate of drug-likeness (QED) is 0.924. The van der Waals surface area contributed by atoms with Gasteiger partial charge in [0.1, 0.15) is 0 Å². The molecule has 1 aliphatic heterocycles. The normalized spacial score (nSPS) is 21.7. The number of benzene rings is 1. The number of alkyl halides is 2. The molecule has 0 spiro atoms. The molecule has 1 atom stereocenters. The predicted molar refractivity (Wildman–Crippen MR) is 77.0 cm³/mol. The fourth-order valence-electron chi connectivity index (χ4n) is 2.07. The molecular weight excluding hydrogens is 318 g/mol. The van der Waals surface area contributed by atoms with E-state index in [-0.39, 0.29) is 12.3 Å². The van der Waals surface area contributed by atoms with Gasteiger partial charge in [-0.15, -0.1) is 0 Å². The van der Waals surface area contributed by atoms with Gasteiger partial charge in [-0.1, -0.05) is 23.7 Å². The van der Waals surface area contributed by atoms with Crippen LogP contribution in [-0.2, 0) is 4.74 Å². The van der Waals surface area contributed by atoms with Crippen molar-refractivity contribution in [2.24, 2.45) is 5.10 Å². The molecule has 0 saturated heterocycles. The third-order valence-corrected chi connectivity index (χ3v) is 3.56. The Morgan fingerprint density at radius 2 is 2.09 bits per heavy atom. The van der Waals surface area contributed by atoms with Gasteiger partial charge in [0.2, 0.25) is 5.72 Å². The van der Waals surface area contributed by atoms with Gasteiger partial charge in [-0.05, 0) is 24.6 Å². The first kappa shape index (κ1) is 16.6. The van der Waals surface area contributed by atoms with Crippen molar-refractivity contribution in [3.8, 4) is 0 Å². The van der Waals surface area contributed by atoms with Crippen molar-refractivity contribution in [2.75, 3.05) is 6.61 Å². The number of hydrazone groups is 1. The minimum Gasteiger partial charge on any atom is -0.448 e. The summed E-state index contributed by atoms with van der Waals surface area (Å²) < 4.78 is 32.3. The summed E-state index contributed by atoms with van der Waals surface area (Å²) in [4.78, 5) is 11.8. The molecule has 0 aromatic heterocycles. The molecule has 2 rings (SSSR count). The Bertz CT molecular complexity index is 601. The van der Waals surface area contributed by atoms with Gasteiger partial charge in [0.15, 0.2) is 0 Å². The van der Waals surface area contributed by atoms with E-state index in [1.165, 1.54) is 6.92 Å². The van der Waals surface area contributed by atoms with Gasteiger partial charge >= 0.3 is 6.09 Å². The molecule has 1 aromatic rings. The number of carbonyl (C=O) groups is 1. The Morgan fingerprint density at radius 1 is 1.50 bits per heavy atom. The lowest BCUT2D eigenvalue weighted by atomic mass is 9.97. The van der Waals surface area contributed by atoms with E-state index in [0.29, 0.717) is 22.5 Å². The average Bonchev–Trinajstić information content (AvgIpc) is 2.79. The Labute approximate surface area is 131 Å². The van der Waals surface area contributed by atoms with Gasteiger partial charge in [0.25, 0.3) is 5.92 Å². The van der Waals surface area contributed by atoms with E-state index < -0.39 is 24.2 Å². The summed E-state index contributed by atoms with van der Waals surface area (Å²) in [5.41, 5.74) is -2.14. The topological polar surface area (TPSA) is 62.1 Å². The zero-order valence-electron chi connectivity index (χ0n) is 12.0. The maximum Gasteiger partial charge on any atom is 0.433 e. The molecular formula is C14H15ClF2N2O3. The van der Waals surface area contributed by atoms with Gasteiger partial charge in [-0.2, -0.15) is 10.1 Å². The van der Waals surface area contributed by atoms with Crippen LogP contribution in [0, 0.1) is 0 Å². The fourth-order valence-corrected chi connectivity index (χ4v) is 2.19. The number of hydrogen-bond donors (Lipinski definition) is 1. The van der Waals surface area contributed by atoms with E-state index in [1.807, 2.05) is 0 Å². The van der Waals surface area contributed by atoms with Gasteiger partial charge in [0, 0.05) is 18.4 Å². The van der Waals surface area contributed by atoms with Crippen LogP contribution in [0.1, 0.15) is 25.8 Å². The zero-order chi connectivity index (χ0) is 16.5. The summed E-state index contributed by atoms with van der Waals surface area (Å²) in [6.07, 6.45) is -1.65. The molecule has 0 radical (unpaired) electrons. The number of nitrogens with zero attached hydrogens (tertiary/aromatic N) is 2. The van der Waals surface area contributed by atoms with Crippen molar-refractivity contribution >= 4 is 23.4 Å². The zero-order valence-corrected chi connectivity index (χ0v) is 12.8. The molecule has 0 bridgehead atoms. The lowest BCUT2D eigenvalue weighted by Crippen LogP contribution is -2.57. The molecule has 1 heterocycles. The van der Waals surface area contributed by atoms with Crippen molar-refractivity contribution in [3.63, 3.8) is 0 Å². The number of amides is 1. The summed E-state index contributed by atoms with van der Waals surface area (Å²) in [6.45, 7) is 2.03. The van der Waals surface area contributed by atoms with Crippen LogP contribution in [0.5, 0.6) is 0 Å². The van der Waals surface area contributed by atoms with E-state index in [1.54, 1.807) is 24.3 Å². The molecule has 22 heavy (non-hydrogen) atoms. The fraction of sp³-hybridized carbons (Fsp3) is 0.429. The minimum atomic E-state index is -3.59. The van der Waals surface area contributed by atoms with Crippen LogP contribution in [0.25, 0.3) is 0 Å². The van der Waals surface area contributed by atoms with Crippen LogP contribution in [0.15, 0.2) is 29.4 Å². The summed E-state index contributed by atoms with van der Waals surface area (Å²) >= 11 is 5.77. The Morgan fingerprint density at radius 3 is 2.59 bits per heavy atom. The molecule has 1 unspecified atom stereocenters. The summed E-state index contributed by atoms with van der Waals surface area (Å²) in [5, 5.41) is 14.9. The minimum absolute atomic E-state index is 0.0213. The highest BCUT2D eigenvalue weighted by atomic mass is 35.5. The van der Waals surface area contributed by atoms with Crippen LogP contribution in [0.3, 0.4) is 0 Å². The summed E-state index contributed by atoms with van der Waals surface area (Å²) in [7, 11) is 0. The third-order valence-electron chi connectivity index (χ3n) is 3.31. The molecule has 120 valence electrons. The Balaban J connectivity index is 2.40. The summed E-state index contributed by atoms with van der Waals surface area (Å²) in [6, 6.07) is 6.28. The van der Waals surface area contributed by atoms with Crippen molar-refractivity contribution in [1.82, 2.24) is 5.01 Å². The molecule has 1 aliphatic rings. The number of carbonyl (C=O) groups excluding carboxylic acids is 1. The smallest absolute Gasteiger partial charge is 0.433 e. The second-order valence-electron chi connectivity index (χ2n) is 4.95. The Kier molecular flexibility index (Phi) is 4.39. The lowest BCUT2D eigenvalue weighted by molar-refractivity contribution is -0.226. The average molecular weight is 333 g/mol. The largest absolute Gasteiger partial charge is 0.448 e. The van der Waals surface area contributed by atoms with Crippen LogP contribution in [-0.4, -0.2) is 40.2 Å². The van der Waals surface area contributed by atoms with Crippen LogP contribution >= 0.6 is 11.6 Å². The van der Waals surface area contributed by atoms with Gasteiger partial charge in [0.05, 0.1) is 12.3 Å². The highest BCUT2D eigenvalue weighted by molar-refractivity contribution is 6.30. The van der Waals surface area contributed by atoms with Crippen molar-refractivity contribution < 1.29 is 23.4 Å². The second kappa shape index (κ2) is 5.81. The monoisotopic (exact) mass is 332 g/mol. The van der Waals surface area contributed by atoms with Crippen LogP contribution < -0.4 is 0 Å². The first-order valence-electron chi connectivity index (χ1n) is 6.59. The molecule has 1 N–H and O–H groups in total. The number of rotatable bonds is 3. The van der Waals surface area contributed by atoms with E-state index in [2.05, 4.69) is 9.84 Å². The predicted octanol–water partition coefficient (Wildman–Crippen LogP) is 3.25. The molecule has 5 nitrogen and oxygen atoms in total. The standard InChI is InChI=1S/C14H15ClF2N2O3/c1-3-22-12(20)19-14(21,13(2,16)17)8-11(18-19)9-4-6-10(15)7-5-9/h4-7,21H,3,8H2,1-2H3. The van der Waals surface area contributed by atoms with Crippen LogP contribution in [0.4, 0.5) is 13.6 Å². The highest BCUT2D eigenvalue weighted by Crippen LogP contribution is 2.40.